The molecule has 2 aromatic rings. The normalized spacial score (nSPS) is 10.4. The van der Waals surface area contributed by atoms with Gasteiger partial charge in [-0.2, -0.15) is 0 Å². The van der Waals surface area contributed by atoms with Crippen molar-refractivity contribution >= 4 is 40.3 Å². The number of rotatable bonds is 3. The molecule has 0 atom stereocenters. The Bertz CT molecular complexity index is 692. The van der Waals surface area contributed by atoms with Crippen molar-refractivity contribution in [2.45, 2.75) is 6.92 Å². The quantitative estimate of drug-likeness (QED) is 0.634. The molecular formula is C13H9Cl2FN2O2. The largest absolute Gasteiger partial charge is 0.355 e. The number of hydrogen-bond donors (Lipinski definition) is 1. The molecule has 0 unspecified atom stereocenters. The molecule has 1 N–H and O–H groups in total. The maximum atomic E-state index is 13.1. The Labute approximate surface area is 124 Å². The van der Waals surface area contributed by atoms with Crippen LogP contribution in [0, 0.1) is 22.9 Å². The molecule has 0 saturated heterocycles. The average molecular weight is 315 g/mol. The van der Waals surface area contributed by atoms with Crippen molar-refractivity contribution < 1.29 is 9.31 Å². The smallest absolute Gasteiger partial charge is 0.288 e. The van der Waals surface area contributed by atoms with Crippen LogP contribution in [0.25, 0.3) is 0 Å². The van der Waals surface area contributed by atoms with E-state index in [2.05, 4.69) is 5.32 Å². The number of nitrogens with one attached hydrogen (secondary N) is 1. The van der Waals surface area contributed by atoms with Gasteiger partial charge in [0.05, 0.1) is 9.95 Å². The molecule has 0 fully saturated rings. The van der Waals surface area contributed by atoms with Gasteiger partial charge in [-0.25, -0.2) is 4.39 Å². The van der Waals surface area contributed by atoms with E-state index < -0.39 is 10.7 Å². The lowest BCUT2D eigenvalue weighted by atomic mass is 10.1. The average Bonchev–Trinajstić information content (AvgIpc) is 2.37. The summed E-state index contributed by atoms with van der Waals surface area (Å²) in [4.78, 5) is 10.2. The van der Waals surface area contributed by atoms with Crippen molar-refractivity contribution in [3.63, 3.8) is 0 Å². The SMILES string of the molecule is Cc1cc([N+](=O)[O-])c(Cl)cc1Nc1ccc(F)c(Cl)c1. The first kappa shape index (κ1) is 14.6. The van der Waals surface area contributed by atoms with Gasteiger partial charge in [0, 0.05) is 17.4 Å². The lowest BCUT2D eigenvalue weighted by Crippen LogP contribution is -1.96. The second-order valence-electron chi connectivity index (χ2n) is 4.13. The van der Waals surface area contributed by atoms with Crippen molar-refractivity contribution in [2.24, 2.45) is 0 Å². The molecule has 0 saturated carbocycles. The zero-order valence-electron chi connectivity index (χ0n) is 10.3. The summed E-state index contributed by atoms with van der Waals surface area (Å²) >= 11 is 11.5. The van der Waals surface area contributed by atoms with Crippen LogP contribution in [0.3, 0.4) is 0 Å². The summed E-state index contributed by atoms with van der Waals surface area (Å²) in [6.45, 7) is 1.71. The Morgan fingerprint density at radius 2 is 1.90 bits per heavy atom. The summed E-state index contributed by atoms with van der Waals surface area (Å²) in [5.74, 6) is -0.518. The summed E-state index contributed by atoms with van der Waals surface area (Å²) in [5.41, 5.74) is 1.63. The van der Waals surface area contributed by atoms with Crippen LogP contribution in [0.1, 0.15) is 5.56 Å². The Morgan fingerprint density at radius 3 is 2.50 bits per heavy atom. The molecule has 0 heterocycles. The van der Waals surface area contributed by atoms with Gasteiger partial charge in [0.2, 0.25) is 0 Å². The lowest BCUT2D eigenvalue weighted by Gasteiger charge is -2.11. The third kappa shape index (κ3) is 3.00. The van der Waals surface area contributed by atoms with E-state index in [9.17, 15) is 14.5 Å². The number of nitro groups is 1. The highest BCUT2D eigenvalue weighted by Crippen LogP contribution is 2.32. The second kappa shape index (κ2) is 5.64. The number of hydrogen-bond acceptors (Lipinski definition) is 3. The van der Waals surface area contributed by atoms with Crippen LogP contribution in [-0.2, 0) is 0 Å². The van der Waals surface area contributed by atoms with E-state index >= 15 is 0 Å². The van der Waals surface area contributed by atoms with Gasteiger partial charge in [0.15, 0.2) is 0 Å². The predicted molar refractivity (Wildman–Crippen MR) is 77.5 cm³/mol. The van der Waals surface area contributed by atoms with Crippen LogP contribution < -0.4 is 5.32 Å². The fourth-order valence-electron chi connectivity index (χ4n) is 1.67. The number of benzene rings is 2. The van der Waals surface area contributed by atoms with Crippen molar-refractivity contribution in [2.75, 3.05) is 5.32 Å². The van der Waals surface area contributed by atoms with Crippen molar-refractivity contribution in [3.05, 3.63) is 61.9 Å². The monoisotopic (exact) mass is 314 g/mol. The molecule has 0 aromatic heterocycles. The van der Waals surface area contributed by atoms with Gasteiger partial charge in [-0.05, 0) is 36.8 Å². The Morgan fingerprint density at radius 1 is 1.20 bits per heavy atom. The zero-order chi connectivity index (χ0) is 14.9. The van der Waals surface area contributed by atoms with E-state index in [4.69, 9.17) is 23.2 Å². The predicted octanol–water partition coefficient (Wildman–Crippen LogP) is 5.09. The molecule has 0 amide bonds. The Hall–Kier alpha value is -1.85. The van der Waals surface area contributed by atoms with E-state index in [1.54, 1.807) is 6.92 Å². The first-order valence-electron chi connectivity index (χ1n) is 5.55. The van der Waals surface area contributed by atoms with Gasteiger partial charge in [-0.15, -0.1) is 0 Å². The van der Waals surface area contributed by atoms with E-state index in [1.807, 2.05) is 0 Å². The molecule has 0 spiro atoms. The van der Waals surface area contributed by atoms with E-state index in [-0.39, 0.29) is 15.7 Å². The van der Waals surface area contributed by atoms with Crippen LogP contribution in [0.2, 0.25) is 10.0 Å². The highest BCUT2D eigenvalue weighted by molar-refractivity contribution is 6.33. The van der Waals surface area contributed by atoms with Gasteiger partial charge >= 0.3 is 0 Å². The number of aryl methyl sites for hydroxylation is 1. The van der Waals surface area contributed by atoms with Crippen LogP contribution >= 0.6 is 23.2 Å². The lowest BCUT2D eigenvalue weighted by molar-refractivity contribution is -0.384. The molecule has 0 radical (unpaired) electrons. The number of anilines is 2. The van der Waals surface area contributed by atoms with Gasteiger partial charge < -0.3 is 5.32 Å². The maximum Gasteiger partial charge on any atom is 0.288 e. The van der Waals surface area contributed by atoms with Gasteiger partial charge in [0.1, 0.15) is 10.8 Å². The highest BCUT2D eigenvalue weighted by atomic mass is 35.5. The second-order valence-corrected chi connectivity index (χ2v) is 4.94. The van der Waals surface area contributed by atoms with Crippen LogP contribution in [-0.4, -0.2) is 4.92 Å². The molecule has 4 nitrogen and oxygen atoms in total. The van der Waals surface area contributed by atoms with E-state index in [0.717, 1.165) is 0 Å². The molecule has 20 heavy (non-hydrogen) atoms. The third-order valence-electron chi connectivity index (χ3n) is 2.69. The summed E-state index contributed by atoms with van der Waals surface area (Å²) in [6.07, 6.45) is 0. The zero-order valence-corrected chi connectivity index (χ0v) is 11.8. The van der Waals surface area contributed by atoms with E-state index in [1.165, 1.54) is 30.3 Å². The topological polar surface area (TPSA) is 55.2 Å². The minimum absolute atomic E-state index is 0.0133. The summed E-state index contributed by atoms with van der Waals surface area (Å²) in [5, 5.41) is 13.8. The van der Waals surface area contributed by atoms with Crippen LogP contribution in [0.4, 0.5) is 21.5 Å². The number of halogens is 3. The third-order valence-corrected chi connectivity index (χ3v) is 3.28. The molecule has 0 aliphatic heterocycles. The molecule has 0 aliphatic rings. The van der Waals surface area contributed by atoms with Crippen molar-refractivity contribution in [1.29, 1.82) is 0 Å². The Kier molecular flexibility index (Phi) is 4.11. The first-order valence-corrected chi connectivity index (χ1v) is 6.30. The van der Waals surface area contributed by atoms with Gasteiger partial charge in [0.25, 0.3) is 5.69 Å². The van der Waals surface area contributed by atoms with Crippen LogP contribution in [0.5, 0.6) is 0 Å². The summed E-state index contributed by atoms with van der Waals surface area (Å²) < 4.78 is 13.1. The highest BCUT2D eigenvalue weighted by Gasteiger charge is 2.15. The summed E-state index contributed by atoms with van der Waals surface area (Å²) in [6, 6.07) is 6.98. The Balaban J connectivity index is 2.36. The molecule has 0 aliphatic carbocycles. The molecule has 0 bridgehead atoms. The molecule has 2 rings (SSSR count). The summed E-state index contributed by atoms with van der Waals surface area (Å²) in [7, 11) is 0. The molecule has 104 valence electrons. The fourth-order valence-corrected chi connectivity index (χ4v) is 2.08. The van der Waals surface area contributed by atoms with Crippen LogP contribution in [0.15, 0.2) is 30.3 Å². The number of nitrogens with zero attached hydrogens (tertiary/aromatic N) is 1. The van der Waals surface area contributed by atoms with Crippen molar-refractivity contribution in [3.8, 4) is 0 Å². The minimum atomic E-state index is -0.548. The van der Waals surface area contributed by atoms with Gasteiger partial charge in [-0.3, -0.25) is 10.1 Å². The molecule has 7 heteroatoms. The molecule has 2 aromatic carbocycles. The number of nitro benzene ring substituents is 1. The fraction of sp³-hybridized carbons (Fsp3) is 0.0769. The maximum absolute atomic E-state index is 13.1. The van der Waals surface area contributed by atoms with E-state index in [0.29, 0.717) is 16.9 Å². The molecular weight excluding hydrogens is 306 g/mol. The van der Waals surface area contributed by atoms with Gasteiger partial charge in [-0.1, -0.05) is 23.2 Å². The minimum Gasteiger partial charge on any atom is -0.355 e. The standard InChI is InChI=1S/C13H9Cl2FN2O2/c1-7-4-13(18(19)20)10(15)6-12(7)17-8-2-3-11(16)9(14)5-8/h2-6,17H,1H3. The first-order chi connectivity index (χ1) is 9.38. The van der Waals surface area contributed by atoms with Crippen molar-refractivity contribution in [1.82, 2.24) is 0 Å².